The lowest BCUT2D eigenvalue weighted by molar-refractivity contribution is -0.143. The van der Waals surface area contributed by atoms with Crippen molar-refractivity contribution in [3.05, 3.63) is 59.7 Å². The van der Waals surface area contributed by atoms with Gasteiger partial charge in [0.2, 0.25) is 0 Å². The first kappa shape index (κ1) is 16.9. The Morgan fingerprint density at radius 2 is 1.87 bits per heavy atom. The summed E-state index contributed by atoms with van der Waals surface area (Å²) in [5.74, 6) is 0.542. The Kier molecular flexibility index (Phi) is 6.48. The molecule has 2 rings (SSSR count). The number of esters is 1. The zero-order valence-electron chi connectivity index (χ0n) is 13.3. The SMILES string of the molecule is CCOC(=O)CCc1ccc(O)cc1OCCc1ccccc1. The van der Waals surface area contributed by atoms with Crippen LogP contribution in [0.2, 0.25) is 0 Å². The maximum Gasteiger partial charge on any atom is 0.306 e. The fraction of sp³-hybridized carbons (Fsp3) is 0.316. The second-order valence-corrected chi connectivity index (χ2v) is 5.18. The first-order chi connectivity index (χ1) is 11.2. The number of aryl methyl sites for hydroxylation is 1. The van der Waals surface area contributed by atoms with Crippen molar-refractivity contribution in [3.8, 4) is 11.5 Å². The Morgan fingerprint density at radius 3 is 2.61 bits per heavy atom. The van der Waals surface area contributed by atoms with E-state index in [2.05, 4.69) is 0 Å². The zero-order valence-corrected chi connectivity index (χ0v) is 13.3. The number of ether oxygens (including phenoxy) is 2. The average molecular weight is 314 g/mol. The maximum absolute atomic E-state index is 11.5. The van der Waals surface area contributed by atoms with E-state index in [0.29, 0.717) is 31.8 Å². The van der Waals surface area contributed by atoms with Crippen molar-refractivity contribution in [2.45, 2.75) is 26.2 Å². The summed E-state index contributed by atoms with van der Waals surface area (Å²) in [6.45, 7) is 2.69. The van der Waals surface area contributed by atoms with Crippen LogP contribution in [0.25, 0.3) is 0 Å². The number of rotatable bonds is 8. The number of phenols is 1. The summed E-state index contributed by atoms with van der Waals surface area (Å²) in [7, 11) is 0. The summed E-state index contributed by atoms with van der Waals surface area (Å²) in [6.07, 6.45) is 1.61. The van der Waals surface area contributed by atoms with Crippen LogP contribution in [0.1, 0.15) is 24.5 Å². The summed E-state index contributed by atoms with van der Waals surface area (Å²) in [4.78, 5) is 11.5. The molecular formula is C19H22O4. The molecule has 1 N–H and O–H groups in total. The van der Waals surface area contributed by atoms with E-state index in [0.717, 1.165) is 12.0 Å². The molecule has 0 aliphatic rings. The molecule has 2 aromatic carbocycles. The number of aromatic hydroxyl groups is 1. The molecule has 0 aromatic heterocycles. The van der Waals surface area contributed by atoms with Crippen LogP contribution in [-0.4, -0.2) is 24.3 Å². The monoisotopic (exact) mass is 314 g/mol. The van der Waals surface area contributed by atoms with Gasteiger partial charge in [0.1, 0.15) is 11.5 Å². The van der Waals surface area contributed by atoms with Crippen molar-refractivity contribution in [1.82, 2.24) is 0 Å². The van der Waals surface area contributed by atoms with Gasteiger partial charge in [0.25, 0.3) is 0 Å². The van der Waals surface area contributed by atoms with Gasteiger partial charge < -0.3 is 14.6 Å². The molecule has 4 nitrogen and oxygen atoms in total. The molecule has 0 aliphatic heterocycles. The van der Waals surface area contributed by atoms with Gasteiger partial charge in [-0.1, -0.05) is 36.4 Å². The summed E-state index contributed by atoms with van der Waals surface area (Å²) >= 11 is 0. The molecule has 23 heavy (non-hydrogen) atoms. The molecule has 0 heterocycles. The van der Waals surface area contributed by atoms with E-state index in [1.54, 1.807) is 25.1 Å². The van der Waals surface area contributed by atoms with Gasteiger partial charge in [-0.2, -0.15) is 0 Å². The van der Waals surface area contributed by atoms with E-state index in [1.165, 1.54) is 5.56 Å². The van der Waals surface area contributed by atoms with Crippen LogP contribution in [0.15, 0.2) is 48.5 Å². The van der Waals surface area contributed by atoms with E-state index >= 15 is 0 Å². The lowest BCUT2D eigenvalue weighted by atomic mass is 10.1. The van der Waals surface area contributed by atoms with Gasteiger partial charge in [-0.15, -0.1) is 0 Å². The third-order valence-corrected chi connectivity index (χ3v) is 3.45. The molecular weight excluding hydrogens is 292 g/mol. The van der Waals surface area contributed by atoms with E-state index in [1.807, 2.05) is 30.3 Å². The van der Waals surface area contributed by atoms with Crippen LogP contribution in [-0.2, 0) is 22.4 Å². The zero-order chi connectivity index (χ0) is 16.5. The molecule has 0 atom stereocenters. The predicted molar refractivity (Wildman–Crippen MR) is 88.7 cm³/mol. The Labute approximate surface area is 136 Å². The molecule has 0 spiro atoms. The van der Waals surface area contributed by atoms with Crippen molar-refractivity contribution >= 4 is 5.97 Å². The molecule has 0 saturated carbocycles. The lowest BCUT2D eigenvalue weighted by Gasteiger charge is -2.12. The topological polar surface area (TPSA) is 55.8 Å². The third kappa shape index (κ3) is 5.66. The Hall–Kier alpha value is -2.49. The van der Waals surface area contributed by atoms with Gasteiger partial charge in [-0.3, -0.25) is 4.79 Å². The molecule has 0 saturated heterocycles. The van der Waals surface area contributed by atoms with Gasteiger partial charge in [-0.25, -0.2) is 0 Å². The highest BCUT2D eigenvalue weighted by Crippen LogP contribution is 2.25. The van der Waals surface area contributed by atoms with Crippen LogP contribution in [0.4, 0.5) is 0 Å². The molecule has 0 bridgehead atoms. The average Bonchev–Trinajstić information content (AvgIpc) is 2.55. The maximum atomic E-state index is 11.5. The molecule has 0 unspecified atom stereocenters. The van der Waals surface area contributed by atoms with Crippen LogP contribution in [0, 0.1) is 0 Å². The highest BCUT2D eigenvalue weighted by atomic mass is 16.5. The smallest absolute Gasteiger partial charge is 0.306 e. The Balaban J connectivity index is 1.93. The Bertz CT molecular complexity index is 623. The second-order valence-electron chi connectivity index (χ2n) is 5.18. The minimum absolute atomic E-state index is 0.152. The van der Waals surface area contributed by atoms with Crippen molar-refractivity contribution in [3.63, 3.8) is 0 Å². The fourth-order valence-electron chi connectivity index (χ4n) is 2.28. The molecule has 4 heteroatoms. The highest BCUT2D eigenvalue weighted by Gasteiger charge is 2.09. The predicted octanol–water partition coefficient (Wildman–Crippen LogP) is 3.51. The summed E-state index contributed by atoms with van der Waals surface area (Å²) < 4.78 is 10.7. The Morgan fingerprint density at radius 1 is 1.09 bits per heavy atom. The van der Waals surface area contributed by atoms with Crippen molar-refractivity contribution < 1.29 is 19.4 Å². The molecule has 0 fully saturated rings. The number of benzene rings is 2. The van der Waals surface area contributed by atoms with Crippen molar-refractivity contribution in [1.29, 1.82) is 0 Å². The van der Waals surface area contributed by atoms with E-state index < -0.39 is 0 Å². The van der Waals surface area contributed by atoms with Crippen LogP contribution in [0.5, 0.6) is 11.5 Å². The lowest BCUT2D eigenvalue weighted by Crippen LogP contribution is -2.07. The quantitative estimate of drug-likeness (QED) is 0.758. The highest BCUT2D eigenvalue weighted by molar-refractivity contribution is 5.69. The number of hydrogen-bond acceptors (Lipinski definition) is 4. The molecule has 0 aliphatic carbocycles. The fourth-order valence-corrected chi connectivity index (χ4v) is 2.28. The van der Waals surface area contributed by atoms with Gasteiger partial charge in [0, 0.05) is 18.9 Å². The minimum Gasteiger partial charge on any atom is -0.508 e. The number of carbonyl (C=O) groups is 1. The number of phenolic OH excluding ortho intramolecular Hbond substituents is 1. The minimum atomic E-state index is -0.226. The van der Waals surface area contributed by atoms with Crippen LogP contribution >= 0.6 is 0 Å². The van der Waals surface area contributed by atoms with Crippen LogP contribution < -0.4 is 4.74 Å². The van der Waals surface area contributed by atoms with Crippen LogP contribution in [0.3, 0.4) is 0 Å². The standard InChI is InChI=1S/C19H22O4/c1-2-22-19(21)11-9-16-8-10-17(20)14-18(16)23-13-12-15-6-4-3-5-7-15/h3-8,10,14,20H,2,9,11-13H2,1H3. The summed E-state index contributed by atoms with van der Waals surface area (Å²) in [6, 6.07) is 15.0. The largest absolute Gasteiger partial charge is 0.508 e. The molecule has 0 radical (unpaired) electrons. The first-order valence-electron chi connectivity index (χ1n) is 7.83. The van der Waals surface area contributed by atoms with Gasteiger partial charge in [-0.05, 0) is 30.5 Å². The van der Waals surface area contributed by atoms with Gasteiger partial charge >= 0.3 is 5.97 Å². The van der Waals surface area contributed by atoms with Gasteiger partial charge in [0.15, 0.2) is 0 Å². The molecule has 0 amide bonds. The second kappa shape index (κ2) is 8.83. The normalized spacial score (nSPS) is 10.3. The van der Waals surface area contributed by atoms with Gasteiger partial charge in [0.05, 0.1) is 13.2 Å². The third-order valence-electron chi connectivity index (χ3n) is 3.45. The van der Waals surface area contributed by atoms with E-state index in [4.69, 9.17) is 9.47 Å². The van der Waals surface area contributed by atoms with E-state index in [9.17, 15) is 9.90 Å². The van der Waals surface area contributed by atoms with Crippen molar-refractivity contribution in [2.24, 2.45) is 0 Å². The molecule has 122 valence electrons. The molecule has 2 aromatic rings. The van der Waals surface area contributed by atoms with E-state index in [-0.39, 0.29) is 11.7 Å². The summed E-state index contributed by atoms with van der Waals surface area (Å²) in [5, 5.41) is 9.64. The number of carbonyl (C=O) groups excluding carboxylic acids is 1. The summed E-state index contributed by atoms with van der Waals surface area (Å²) in [5.41, 5.74) is 2.09. The van der Waals surface area contributed by atoms with Crippen molar-refractivity contribution in [2.75, 3.05) is 13.2 Å². The first-order valence-corrected chi connectivity index (χ1v) is 7.83. The number of hydrogen-bond donors (Lipinski definition) is 1.